The van der Waals surface area contributed by atoms with Crippen molar-refractivity contribution in [2.45, 2.75) is 27.2 Å². The van der Waals surface area contributed by atoms with E-state index in [1.165, 1.54) is 6.42 Å². The molecule has 0 aliphatic carbocycles. The molecule has 1 heterocycles. The van der Waals surface area contributed by atoms with Crippen LogP contribution in [0.3, 0.4) is 0 Å². The van der Waals surface area contributed by atoms with E-state index in [9.17, 15) is 4.79 Å². The summed E-state index contributed by atoms with van der Waals surface area (Å²) in [5.41, 5.74) is 1.84. The fraction of sp³-hybridized carbons (Fsp3) is 0.562. The fourth-order valence-electron chi connectivity index (χ4n) is 3.04. The summed E-state index contributed by atoms with van der Waals surface area (Å²) >= 11 is 5.97. The Morgan fingerprint density at radius 1 is 1.35 bits per heavy atom. The Balaban J connectivity index is 1.93. The minimum atomic E-state index is 0.0386. The van der Waals surface area contributed by atoms with Crippen molar-refractivity contribution >= 4 is 23.2 Å². The topological polar surface area (TPSA) is 32.3 Å². The van der Waals surface area contributed by atoms with Crippen LogP contribution in [0.1, 0.15) is 25.8 Å². The van der Waals surface area contributed by atoms with Crippen LogP contribution in [0.4, 0.5) is 5.69 Å². The van der Waals surface area contributed by atoms with Gasteiger partial charge in [-0.1, -0.05) is 31.5 Å². The van der Waals surface area contributed by atoms with Gasteiger partial charge >= 0.3 is 0 Å². The van der Waals surface area contributed by atoms with Crippen LogP contribution < -0.4 is 5.32 Å². The predicted molar refractivity (Wildman–Crippen MR) is 84.2 cm³/mol. The minimum absolute atomic E-state index is 0.0386. The first-order chi connectivity index (χ1) is 9.44. The minimum Gasteiger partial charge on any atom is -0.325 e. The average Bonchev–Trinajstić information content (AvgIpc) is 2.32. The third kappa shape index (κ3) is 4.22. The Kier molecular flexibility index (Phi) is 5.06. The highest BCUT2D eigenvalue weighted by atomic mass is 35.5. The lowest BCUT2D eigenvalue weighted by Crippen LogP contribution is -2.42. The van der Waals surface area contributed by atoms with Gasteiger partial charge in [-0.2, -0.15) is 0 Å². The molecule has 20 heavy (non-hydrogen) atoms. The van der Waals surface area contributed by atoms with E-state index < -0.39 is 0 Å². The van der Waals surface area contributed by atoms with E-state index in [1.54, 1.807) is 6.07 Å². The zero-order valence-electron chi connectivity index (χ0n) is 12.4. The van der Waals surface area contributed by atoms with Crippen molar-refractivity contribution in [1.29, 1.82) is 0 Å². The zero-order chi connectivity index (χ0) is 14.7. The van der Waals surface area contributed by atoms with E-state index in [-0.39, 0.29) is 5.91 Å². The highest BCUT2D eigenvalue weighted by molar-refractivity contribution is 6.31. The standard InChI is InChI=1S/C16H23ClN2O/c1-11-6-12(2)9-19(8-11)10-16(20)18-15-7-14(17)5-4-13(15)3/h4-5,7,11-12H,6,8-10H2,1-3H3,(H,18,20)/t11-,12+. The molecule has 1 amide bonds. The lowest BCUT2D eigenvalue weighted by molar-refractivity contribution is -0.117. The summed E-state index contributed by atoms with van der Waals surface area (Å²) < 4.78 is 0. The number of rotatable bonds is 3. The molecule has 4 heteroatoms. The van der Waals surface area contributed by atoms with Crippen molar-refractivity contribution < 1.29 is 4.79 Å². The van der Waals surface area contributed by atoms with Crippen molar-refractivity contribution in [2.24, 2.45) is 11.8 Å². The zero-order valence-corrected chi connectivity index (χ0v) is 13.2. The number of amides is 1. The van der Waals surface area contributed by atoms with E-state index in [2.05, 4.69) is 24.1 Å². The molecule has 0 unspecified atom stereocenters. The van der Waals surface area contributed by atoms with Crippen LogP contribution in [0.2, 0.25) is 5.02 Å². The SMILES string of the molecule is Cc1ccc(Cl)cc1NC(=O)CN1C[C@H](C)C[C@H](C)C1. The molecule has 1 saturated heterocycles. The molecule has 1 aromatic carbocycles. The molecule has 0 saturated carbocycles. The van der Waals surface area contributed by atoms with Gasteiger partial charge in [0.1, 0.15) is 0 Å². The van der Waals surface area contributed by atoms with E-state index >= 15 is 0 Å². The average molecular weight is 295 g/mol. The summed E-state index contributed by atoms with van der Waals surface area (Å²) in [6.07, 6.45) is 1.26. The lowest BCUT2D eigenvalue weighted by Gasteiger charge is -2.34. The molecular weight excluding hydrogens is 272 g/mol. The van der Waals surface area contributed by atoms with Gasteiger partial charge in [-0.25, -0.2) is 0 Å². The van der Waals surface area contributed by atoms with Gasteiger partial charge < -0.3 is 5.32 Å². The van der Waals surface area contributed by atoms with Crippen LogP contribution in [-0.4, -0.2) is 30.4 Å². The molecule has 1 aliphatic rings. The monoisotopic (exact) mass is 294 g/mol. The van der Waals surface area contributed by atoms with Crippen molar-refractivity contribution in [3.8, 4) is 0 Å². The van der Waals surface area contributed by atoms with Gasteiger partial charge in [0.25, 0.3) is 0 Å². The molecule has 0 aromatic heterocycles. The summed E-state index contributed by atoms with van der Waals surface area (Å²) in [7, 11) is 0. The number of halogens is 1. The Morgan fingerprint density at radius 3 is 2.65 bits per heavy atom. The van der Waals surface area contributed by atoms with Crippen LogP contribution in [0.5, 0.6) is 0 Å². The first kappa shape index (κ1) is 15.3. The number of piperidine rings is 1. The molecule has 0 radical (unpaired) electrons. The molecular formula is C16H23ClN2O. The maximum Gasteiger partial charge on any atom is 0.238 e. The molecule has 0 spiro atoms. The number of likely N-dealkylation sites (tertiary alicyclic amines) is 1. The molecule has 3 nitrogen and oxygen atoms in total. The molecule has 1 aliphatic heterocycles. The van der Waals surface area contributed by atoms with Crippen LogP contribution in [-0.2, 0) is 4.79 Å². The number of benzene rings is 1. The number of nitrogens with zero attached hydrogens (tertiary/aromatic N) is 1. The Bertz CT molecular complexity index is 479. The third-order valence-corrected chi connectivity index (χ3v) is 4.02. The number of anilines is 1. The molecule has 1 N–H and O–H groups in total. The van der Waals surface area contributed by atoms with Gasteiger partial charge in [0.05, 0.1) is 6.54 Å². The lowest BCUT2D eigenvalue weighted by atomic mass is 9.92. The summed E-state index contributed by atoms with van der Waals surface area (Å²) in [6.45, 7) is 8.94. The van der Waals surface area contributed by atoms with E-state index in [1.807, 2.05) is 19.1 Å². The Labute approximate surface area is 126 Å². The van der Waals surface area contributed by atoms with E-state index in [0.29, 0.717) is 23.4 Å². The second kappa shape index (κ2) is 6.59. The van der Waals surface area contributed by atoms with Crippen LogP contribution in [0, 0.1) is 18.8 Å². The maximum atomic E-state index is 12.2. The molecule has 110 valence electrons. The second-order valence-corrected chi connectivity index (χ2v) is 6.58. The van der Waals surface area contributed by atoms with Gasteiger partial charge in [0.15, 0.2) is 0 Å². The Morgan fingerprint density at radius 2 is 2.00 bits per heavy atom. The number of nitrogens with one attached hydrogen (secondary N) is 1. The summed E-state index contributed by atoms with van der Waals surface area (Å²) in [5.74, 6) is 1.37. The molecule has 1 aromatic rings. The highest BCUT2D eigenvalue weighted by Gasteiger charge is 2.23. The molecule has 0 bridgehead atoms. The number of hydrogen-bond acceptors (Lipinski definition) is 2. The summed E-state index contributed by atoms with van der Waals surface area (Å²) in [6, 6.07) is 5.56. The molecule has 2 atom stereocenters. The number of aryl methyl sites for hydroxylation is 1. The molecule has 2 rings (SSSR count). The third-order valence-electron chi connectivity index (χ3n) is 3.79. The van der Waals surface area contributed by atoms with E-state index in [4.69, 9.17) is 11.6 Å². The first-order valence-electron chi connectivity index (χ1n) is 7.22. The van der Waals surface area contributed by atoms with Gasteiger partial charge in [-0.05, 0) is 42.9 Å². The Hall–Kier alpha value is -1.06. The van der Waals surface area contributed by atoms with Crippen molar-refractivity contribution in [1.82, 2.24) is 4.90 Å². The smallest absolute Gasteiger partial charge is 0.238 e. The van der Waals surface area contributed by atoms with Gasteiger partial charge in [0, 0.05) is 23.8 Å². The largest absolute Gasteiger partial charge is 0.325 e. The quantitative estimate of drug-likeness (QED) is 0.924. The van der Waals surface area contributed by atoms with Gasteiger partial charge in [-0.3, -0.25) is 9.69 Å². The summed E-state index contributed by atoms with van der Waals surface area (Å²) in [5, 5.41) is 3.61. The first-order valence-corrected chi connectivity index (χ1v) is 7.60. The van der Waals surface area contributed by atoms with Crippen molar-refractivity contribution in [3.63, 3.8) is 0 Å². The highest BCUT2D eigenvalue weighted by Crippen LogP contribution is 2.22. The van der Waals surface area contributed by atoms with Crippen LogP contribution >= 0.6 is 11.6 Å². The van der Waals surface area contributed by atoms with Crippen molar-refractivity contribution in [3.05, 3.63) is 28.8 Å². The van der Waals surface area contributed by atoms with E-state index in [0.717, 1.165) is 24.3 Å². The maximum absolute atomic E-state index is 12.2. The second-order valence-electron chi connectivity index (χ2n) is 6.15. The van der Waals surface area contributed by atoms with Crippen LogP contribution in [0.25, 0.3) is 0 Å². The number of carbonyl (C=O) groups excluding carboxylic acids is 1. The molecule has 1 fully saturated rings. The predicted octanol–water partition coefficient (Wildman–Crippen LogP) is 3.56. The van der Waals surface area contributed by atoms with Gasteiger partial charge in [-0.15, -0.1) is 0 Å². The normalized spacial score (nSPS) is 23.6. The van der Waals surface area contributed by atoms with Gasteiger partial charge in [0.2, 0.25) is 5.91 Å². The number of hydrogen-bond donors (Lipinski definition) is 1. The summed E-state index contributed by atoms with van der Waals surface area (Å²) in [4.78, 5) is 14.4. The fourth-order valence-corrected chi connectivity index (χ4v) is 3.21. The van der Waals surface area contributed by atoms with Crippen molar-refractivity contribution in [2.75, 3.05) is 25.0 Å². The number of carbonyl (C=O) groups is 1. The van der Waals surface area contributed by atoms with Crippen LogP contribution in [0.15, 0.2) is 18.2 Å².